The van der Waals surface area contributed by atoms with Gasteiger partial charge < -0.3 is 19.0 Å². The van der Waals surface area contributed by atoms with Crippen LogP contribution in [0.3, 0.4) is 0 Å². The van der Waals surface area contributed by atoms with Gasteiger partial charge in [0.15, 0.2) is 5.58 Å². The van der Waals surface area contributed by atoms with Crippen LogP contribution in [0.25, 0.3) is 11.1 Å². The average molecular weight is 343 g/mol. The molecular formula is C19H25N3O3. The largest absolute Gasteiger partial charge is 0.497 e. The van der Waals surface area contributed by atoms with Crippen LogP contribution in [0.5, 0.6) is 5.75 Å². The number of carbonyl (C=O) groups is 1. The second kappa shape index (κ2) is 6.94. The molecule has 4 rings (SSSR count). The molecule has 1 amide bonds. The Kier molecular flexibility index (Phi) is 4.51. The van der Waals surface area contributed by atoms with Crippen molar-refractivity contribution in [1.29, 1.82) is 0 Å². The van der Waals surface area contributed by atoms with Crippen LogP contribution in [0.1, 0.15) is 32.1 Å². The molecule has 25 heavy (non-hydrogen) atoms. The van der Waals surface area contributed by atoms with Gasteiger partial charge in [0.1, 0.15) is 11.3 Å². The molecule has 1 aromatic heterocycles. The molecule has 0 saturated carbocycles. The maximum Gasteiger partial charge on any atom is 0.298 e. The Morgan fingerprint density at radius 3 is 2.92 bits per heavy atom. The maximum atomic E-state index is 12.4. The van der Waals surface area contributed by atoms with Crippen molar-refractivity contribution in [3.63, 3.8) is 0 Å². The van der Waals surface area contributed by atoms with Gasteiger partial charge in [-0.2, -0.15) is 4.98 Å². The van der Waals surface area contributed by atoms with E-state index in [1.54, 1.807) is 7.11 Å². The van der Waals surface area contributed by atoms with Crippen LogP contribution in [-0.2, 0) is 4.79 Å². The molecule has 6 heteroatoms. The zero-order valence-corrected chi connectivity index (χ0v) is 14.7. The molecule has 2 saturated heterocycles. The lowest BCUT2D eigenvalue weighted by molar-refractivity contribution is -0.131. The number of amides is 1. The molecule has 134 valence electrons. The van der Waals surface area contributed by atoms with E-state index in [1.807, 2.05) is 23.1 Å². The first-order chi connectivity index (χ1) is 12.2. The van der Waals surface area contributed by atoms with Crippen molar-refractivity contribution < 1.29 is 13.9 Å². The van der Waals surface area contributed by atoms with Crippen LogP contribution < -0.4 is 9.64 Å². The minimum absolute atomic E-state index is 0.312. The van der Waals surface area contributed by atoms with Gasteiger partial charge in [0, 0.05) is 38.7 Å². The number of hydrogen-bond donors (Lipinski definition) is 0. The van der Waals surface area contributed by atoms with E-state index in [4.69, 9.17) is 9.15 Å². The summed E-state index contributed by atoms with van der Waals surface area (Å²) in [5.41, 5.74) is 1.58. The Morgan fingerprint density at radius 2 is 2.12 bits per heavy atom. The minimum atomic E-state index is 0.312. The molecule has 0 spiro atoms. The Labute approximate surface area is 147 Å². The average Bonchev–Trinajstić information content (AvgIpc) is 3.31. The molecular weight excluding hydrogens is 318 g/mol. The van der Waals surface area contributed by atoms with Gasteiger partial charge in [0.2, 0.25) is 5.91 Å². The van der Waals surface area contributed by atoms with Crippen LogP contribution >= 0.6 is 0 Å². The summed E-state index contributed by atoms with van der Waals surface area (Å²) in [6.07, 6.45) is 5.11. The molecule has 1 aromatic carbocycles. The Hall–Kier alpha value is -2.24. The first kappa shape index (κ1) is 16.2. The summed E-state index contributed by atoms with van der Waals surface area (Å²) in [4.78, 5) is 21.2. The van der Waals surface area contributed by atoms with E-state index in [9.17, 15) is 4.79 Å². The van der Waals surface area contributed by atoms with Crippen molar-refractivity contribution in [2.75, 3.05) is 38.2 Å². The number of carbonyl (C=O) groups excluding carboxylic acids is 1. The first-order valence-electron chi connectivity index (χ1n) is 9.20. The lowest BCUT2D eigenvalue weighted by Gasteiger charge is -2.32. The molecule has 1 unspecified atom stereocenters. The van der Waals surface area contributed by atoms with Gasteiger partial charge in [-0.15, -0.1) is 0 Å². The van der Waals surface area contributed by atoms with Crippen LogP contribution in [0.4, 0.5) is 6.01 Å². The first-order valence-corrected chi connectivity index (χ1v) is 9.20. The highest BCUT2D eigenvalue weighted by molar-refractivity contribution is 5.77. The van der Waals surface area contributed by atoms with Gasteiger partial charge in [-0.3, -0.25) is 4.79 Å². The molecule has 0 aliphatic carbocycles. The van der Waals surface area contributed by atoms with Crippen molar-refractivity contribution in [2.45, 2.75) is 32.1 Å². The topological polar surface area (TPSA) is 58.8 Å². The van der Waals surface area contributed by atoms with Crippen LogP contribution in [0.2, 0.25) is 0 Å². The summed E-state index contributed by atoms with van der Waals surface area (Å²) >= 11 is 0. The van der Waals surface area contributed by atoms with E-state index in [0.29, 0.717) is 24.3 Å². The standard InChI is InChI=1S/C19H25N3O3/c1-24-15-6-7-17-16(12-15)20-19(25-17)22-10-4-5-14(13-22)11-18(23)21-8-2-3-9-21/h6-7,12,14H,2-5,8-11,13H2,1H3. The zero-order valence-electron chi connectivity index (χ0n) is 14.7. The number of anilines is 1. The molecule has 2 aromatic rings. The maximum absolute atomic E-state index is 12.4. The van der Waals surface area contributed by atoms with Gasteiger partial charge in [-0.25, -0.2) is 0 Å². The molecule has 2 aliphatic rings. The quantitative estimate of drug-likeness (QED) is 0.854. The summed E-state index contributed by atoms with van der Waals surface area (Å²) in [6.45, 7) is 3.63. The van der Waals surface area contributed by atoms with E-state index in [1.165, 1.54) is 0 Å². The molecule has 6 nitrogen and oxygen atoms in total. The Bertz CT molecular complexity index is 751. The van der Waals surface area contributed by atoms with Crippen molar-refractivity contribution >= 4 is 23.0 Å². The molecule has 3 heterocycles. The van der Waals surface area contributed by atoms with E-state index < -0.39 is 0 Å². The van der Waals surface area contributed by atoms with E-state index in [0.717, 1.165) is 68.7 Å². The molecule has 0 bridgehead atoms. The Morgan fingerprint density at radius 1 is 1.28 bits per heavy atom. The highest BCUT2D eigenvalue weighted by Crippen LogP contribution is 2.29. The molecule has 2 fully saturated rings. The number of likely N-dealkylation sites (tertiary alicyclic amines) is 1. The predicted molar refractivity (Wildman–Crippen MR) is 95.9 cm³/mol. The highest BCUT2D eigenvalue weighted by Gasteiger charge is 2.27. The van der Waals surface area contributed by atoms with Gasteiger partial charge >= 0.3 is 0 Å². The monoisotopic (exact) mass is 343 g/mol. The fourth-order valence-corrected chi connectivity index (χ4v) is 3.91. The second-order valence-corrected chi connectivity index (χ2v) is 7.08. The third-order valence-corrected chi connectivity index (χ3v) is 5.30. The fourth-order valence-electron chi connectivity index (χ4n) is 3.91. The zero-order chi connectivity index (χ0) is 17.2. The third-order valence-electron chi connectivity index (χ3n) is 5.30. The van der Waals surface area contributed by atoms with Gasteiger partial charge in [0.05, 0.1) is 7.11 Å². The van der Waals surface area contributed by atoms with Crippen molar-refractivity contribution in [3.8, 4) is 5.75 Å². The number of rotatable bonds is 4. The minimum Gasteiger partial charge on any atom is -0.497 e. The third kappa shape index (κ3) is 3.43. The van der Waals surface area contributed by atoms with Gasteiger partial charge in [0.25, 0.3) is 6.01 Å². The SMILES string of the molecule is COc1ccc2oc(N3CCCC(CC(=O)N4CCCC4)C3)nc2c1. The summed E-state index contributed by atoms with van der Waals surface area (Å²) in [7, 11) is 1.65. The number of aromatic nitrogens is 1. The molecule has 2 aliphatic heterocycles. The van der Waals surface area contributed by atoms with E-state index >= 15 is 0 Å². The lowest BCUT2D eigenvalue weighted by Crippen LogP contribution is -2.38. The van der Waals surface area contributed by atoms with Crippen molar-refractivity contribution in [3.05, 3.63) is 18.2 Å². The number of hydrogen-bond acceptors (Lipinski definition) is 5. The number of ether oxygens (including phenoxy) is 1. The lowest BCUT2D eigenvalue weighted by atomic mass is 9.94. The summed E-state index contributed by atoms with van der Waals surface area (Å²) in [5, 5.41) is 0. The van der Waals surface area contributed by atoms with Gasteiger partial charge in [-0.1, -0.05) is 0 Å². The van der Waals surface area contributed by atoms with Crippen LogP contribution in [0, 0.1) is 5.92 Å². The summed E-state index contributed by atoms with van der Waals surface area (Å²) < 4.78 is 11.2. The highest BCUT2D eigenvalue weighted by atomic mass is 16.5. The fraction of sp³-hybridized carbons (Fsp3) is 0.579. The normalized spacial score (nSPS) is 21.1. The predicted octanol–water partition coefficient (Wildman–Crippen LogP) is 3.07. The number of oxazole rings is 1. The molecule has 0 N–H and O–H groups in total. The number of fused-ring (bicyclic) bond motifs is 1. The van der Waals surface area contributed by atoms with Crippen molar-refractivity contribution in [2.24, 2.45) is 5.92 Å². The van der Waals surface area contributed by atoms with Crippen LogP contribution in [-0.4, -0.2) is 49.1 Å². The van der Waals surface area contributed by atoms with E-state index in [2.05, 4.69) is 9.88 Å². The number of nitrogens with zero attached hydrogens (tertiary/aromatic N) is 3. The number of piperidine rings is 1. The second-order valence-electron chi connectivity index (χ2n) is 7.08. The summed E-state index contributed by atoms with van der Waals surface area (Å²) in [6, 6.07) is 6.32. The molecule has 0 radical (unpaired) electrons. The number of methoxy groups -OCH3 is 1. The smallest absolute Gasteiger partial charge is 0.298 e. The van der Waals surface area contributed by atoms with E-state index in [-0.39, 0.29) is 0 Å². The van der Waals surface area contributed by atoms with Crippen LogP contribution in [0.15, 0.2) is 22.6 Å². The number of benzene rings is 1. The Balaban J connectivity index is 1.44. The van der Waals surface area contributed by atoms with Gasteiger partial charge in [-0.05, 0) is 43.7 Å². The molecule has 1 atom stereocenters. The van der Waals surface area contributed by atoms with Crippen molar-refractivity contribution in [1.82, 2.24) is 9.88 Å². The summed E-state index contributed by atoms with van der Waals surface area (Å²) in [5.74, 6) is 1.47.